The van der Waals surface area contributed by atoms with E-state index in [-0.39, 0.29) is 6.03 Å². The first kappa shape index (κ1) is 12.8. The molecular weight excluding hydrogens is 341 g/mol. The van der Waals surface area contributed by atoms with E-state index in [1.54, 1.807) is 12.3 Å². The quantitative estimate of drug-likeness (QED) is 0.834. The lowest BCUT2D eigenvalue weighted by Crippen LogP contribution is -2.28. The predicted molar refractivity (Wildman–Crippen MR) is 79.3 cm³/mol. The highest BCUT2D eigenvalue weighted by molar-refractivity contribution is 14.1. The molecule has 1 aromatic carbocycles. The van der Waals surface area contributed by atoms with Gasteiger partial charge in [-0.25, -0.2) is 9.78 Å². The van der Waals surface area contributed by atoms with Crippen LogP contribution in [0.1, 0.15) is 5.56 Å². The zero-order valence-electron chi connectivity index (χ0n) is 9.56. The Bertz CT molecular complexity index is 514. The highest BCUT2D eigenvalue weighted by atomic mass is 127. The summed E-state index contributed by atoms with van der Waals surface area (Å²) >= 11 is 2.16. The monoisotopic (exact) mass is 353 g/mol. The molecule has 0 saturated carbocycles. The number of anilines is 1. The van der Waals surface area contributed by atoms with Gasteiger partial charge in [-0.2, -0.15) is 0 Å². The maximum atomic E-state index is 11.6. The number of carbonyl (C=O) groups excluding carboxylic acids is 1. The van der Waals surface area contributed by atoms with E-state index in [1.807, 2.05) is 36.4 Å². The van der Waals surface area contributed by atoms with Gasteiger partial charge in [-0.3, -0.25) is 5.32 Å². The molecule has 0 spiro atoms. The number of halogens is 1. The van der Waals surface area contributed by atoms with Gasteiger partial charge in [-0.05, 0) is 40.3 Å². The van der Waals surface area contributed by atoms with Crippen molar-refractivity contribution in [3.63, 3.8) is 0 Å². The van der Waals surface area contributed by atoms with Crippen LogP contribution in [0.15, 0.2) is 48.7 Å². The first-order valence-electron chi connectivity index (χ1n) is 5.44. The summed E-state index contributed by atoms with van der Waals surface area (Å²) in [6, 6.07) is 13.1. The molecule has 0 aliphatic carbocycles. The number of aromatic nitrogens is 1. The zero-order chi connectivity index (χ0) is 12.8. The highest BCUT2D eigenvalue weighted by Gasteiger charge is 2.02. The van der Waals surface area contributed by atoms with Gasteiger partial charge < -0.3 is 5.32 Å². The molecule has 0 unspecified atom stereocenters. The number of pyridine rings is 1. The molecule has 0 atom stereocenters. The third-order valence-corrected chi connectivity index (χ3v) is 2.90. The summed E-state index contributed by atoms with van der Waals surface area (Å²) in [5, 5.41) is 5.45. The van der Waals surface area contributed by atoms with Gasteiger partial charge in [0.25, 0.3) is 0 Å². The van der Waals surface area contributed by atoms with Crippen molar-refractivity contribution in [2.45, 2.75) is 6.54 Å². The third kappa shape index (κ3) is 3.99. The molecule has 5 heteroatoms. The van der Waals surface area contributed by atoms with Crippen LogP contribution in [-0.4, -0.2) is 11.0 Å². The number of amides is 2. The van der Waals surface area contributed by atoms with Crippen LogP contribution < -0.4 is 10.6 Å². The molecule has 1 aromatic heterocycles. The van der Waals surface area contributed by atoms with E-state index in [4.69, 9.17) is 0 Å². The van der Waals surface area contributed by atoms with Gasteiger partial charge in [-0.15, -0.1) is 0 Å². The molecular formula is C13H12IN3O. The lowest BCUT2D eigenvalue weighted by atomic mass is 10.2. The molecule has 0 radical (unpaired) electrons. The van der Waals surface area contributed by atoms with E-state index in [0.717, 1.165) is 9.13 Å². The lowest BCUT2D eigenvalue weighted by Gasteiger charge is -2.06. The minimum atomic E-state index is -0.257. The molecule has 2 aromatic rings. The SMILES string of the molecule is O=C(NCc1ccccc1)Nc1ccc(I)cn1. The third-order valence-electron chi connectivity index (χ3n) is 2.26. The van der Waals surface area contributed by atoms with Crippen molar-refractivity contribution in [3.05, 3.63) is 57.8 Å². The first-order chi connectivity index (χ1) is 8.74. The second-order valence-electron chi connectivity index (χ2n) is 3.65. The zero-order valence-corrected chi connectivity index (χ0v) is 11.7. The first-order valence-corrected chi connectivity index (χ1v) is 6.52. The second-order valence-corrected chi connectivity index (χ2v) is 4.90. The van der Waals surface area contributed by atoms with Crippen LogP contribution in [-0.2, 0) is 6.54 Å². The van der Waals surface area contributed by atoms with E-state index in [0.29, 0.717) is 12.4 Å². The number of carbonyl (C=O) groups is 1. The van der Waals surface area contributed by atoms with E-state index in [1.165, 1.54) is 0 Å². The Morgan fingerprint density at radius 1 is 1.17 bits per heavy atom. The van der Waals surface area contributed by atoms with Crippen molar-refractivity contribution in [2.75, 3.05) is 5.32 Å². The Labute approximate surface area is 119 Å². The molecule has 0 aliphatic heterocycles. The van der Waals surface area contributed by atoms with Crippen molar-refractivity contribution in [1.29, 1.82) is 0 Å². The highest BCUT2D eigenvalue weighted by Crippen LogP contribution is 2.06. The minimum absolute atomic E-state index is 0.257. The number of nitrogens with one attached hydrogen (secondary N) is 2. The fourth-order valence-electron chi connectivity index (χ4n) is 1.39. The lowest BCUT2D eigenvalue weighted by molar-refractivity contribution is 0.251. The number of hydrogen-bond donors (Lipinski definition) is 2. The van der Waals surface area contributed by atoms with Crippen molar-refractivity contribution in [2.24, 2.45) is 0 Å². The summed E-state index contributed by atoms with van der Waals surface area (Å²) in [5.41, 5.74) is 1.06. The molecule has 2 N–H and O–H groups in total. The van der Waals surface area contributed by atoms with Crippen molar-refractivity contribution >= 4 is 34.4 Å². The van der Waals surface area contributed by atoms with E-state index < -0.39 is 0 Å². The van der Waals surface area contributed by atoms with Gasteiger partial charge in [0.2, 0.25) is 0 Å². The van der Waals surface area contributed by atoms with Crippen molar-refractivity contribution < 1.29 is 4.79 Å². The molecule has 4 nitrogen and oxygen atoms in total. The topological polar surface area (TPSA) is 54.0 Å². The van der Waals surface area contributed by atoms with Crippen LogP contribution in [0.5, 0.6) is 0 Å². The Balaban J connectivity index is 1.84. The molecule has 2 amide bonds. The summed E-state index contributed by atoms with van der Waals surface area (Å²) in [6.45, 7) is 0.497. The molecule has 2 rings (SSSR count). The molecule has 92 valence electrons. The Morgan fingerprint density at radius 2 is 1.94 bits per heavy atom. The molecule has 1 heterocycles. The second kappa shape index (κ2) is 6.34. The van der Waals surface area contributed by atoms with E-state index in [9.17, 15) is 4.79 Å². The van der Waals surface area contributed by atoms with Crippen molar-refractivity contribution in [1.82, 2.24) is 10.3 Å². The predicted octanol–water partition coefficient (Wildman–Crippen LogP) is 3.01. The standard InChI is InChI=1S/C13H12IN3O/c14-11-6-7-12(15-9-11)17-13(18)16-8-10-4-2-1-3-5-10/h1-7,9H,8H2,(H2,15,16,17,18). The van der Waals surface area contributed by atoms with Gasteiger partial charge in [0.15, 0.2) is 0 Å². The van der Waals surface area contributed by atoms with Gasteiger partial charge in [-0.1, -0.05) is 30.3 Å². The smallest absolute Gasteiger partial charge is 0.320 e. The molecule has 0 fully saturated rings. The van der Waals surface area contributed by atoms with Crippen LogP contribution in [0, 0.1) is 3.57 Å². The maximum Gasteiger partial charge on any atom is 0.320 e. The van der Waals surface area contributed by atoms with Crippen LogP contribution in [0.4, 0.5) is 10.6 Å². The van der Waals surface area contributed by atoms with Crippen LogP contribution >= 0.6 is 22.6 Å². The van der Waals surface area contributed by atoms with Crippen LogP contribution in [0.3, 0.4) is 0 Å². The average Bonchev–Trinajstić information content (AvgIpc) is 2.40. The normalized spacial score (nSPS) is 9.83. The van der Waals surface area contributed by atoms with Crippen LogP contribution in [0.2, 0.25) is 0 Å². The largest absolute Gasteiger partial charge is 0.334 e. The van der Waals surface area contributed by atoms with Gasteiger partial charge in [0, 0.05) is 16.3 Å². The molecule has 0 saturated heterocycles. The summed E-state index contributed by atoms with van der Waals surface area (Å²) < 4.78 is 1.03. The number of nitrogens with zero attached hydrogens (tertiary/aromatic N) is 1. The van der Waals surface area contributed by atoms with Gasteiger partial charge >= 0.3 is 6.03 Å². The van der Waals surface area contributed by atoms with E-state index >= 15 is 0 Å². The number of benzene rings is 1. The fraction of sp³-hybridized carbons (Fsp3) is 0.0769. The number of rotatable bonds is 3. The molecule has 18 heavy (non-hydrogen) atoms. The fourth-order valence-corrected chi connectivity index (χ4v) is 1.71. The summed E-state index contributed by atoms with van der Waals surface area (Å²) in [4.78, 5) is 15.7. The van der Waals surface area contributed by atoms with E-state index in [2.05, 4.69) is 38.2 Å². The number of hydrogen-bond acceptors (Lipinski definition) is 2. The minimum Gasteiger partial charge on any atom is -0.334 e. The molecule has 0 bridgehead atoms. The van der Waals surface area contributed by atoms with Gasteiger partial charge in [0.05, 0.1) is 0 Å². The summed E-state index contributed by atoms with van der Waals surface area (Å²) in [5.74, 6) is 0.543. The Hall–Kier alpha value is -1.63. The summed E-state index contributed by atoms with van der Waals surface area (Å²) in [7, 11) is 0. The van der Waals surface area contributed by atoms with Crippen LogP contribution in [0.25, 0.3) is 0 Å². The van der Waals surface area contributed by atoms with Gasteiger partial charge in [0.1, 0.15) is 5.82 Å². The molecule has 0 aliphatic rings. The summed E-state index contributed by atoms with van der Waals surface area (Å²) in [6.07, 6.45) is 1.70. The van der Waals surface area contributed by atoms with Crippen molar-refractivity contribution in [3.8, 4) is 0 Å². The Kier molecular flexibility index (Phi) is 4.52. The number of urea groups is 1. The maximum absolute atomic E-state index is 11.6. The Morgan fingerprint density at radius 3 is 2.61 bits per heavy atom. The average molecular weight is 353 g/mol.